The fourth-order valence-corrected chi connectivity index (χ4v) is 5.74. The summed E-state index contributed by atoms with van der Waals surface area (Å²) in [4.78, 5) is 11.2. The Hall–Kier alpha value is -4.54. The lowest BCUT2D eigenvalue weighted by Crippen LogP contribution is -1.97. The van der Waals surface area contributed by atoms with E-state index in [0.29, 0.717) is 0 Å². The number of nitrogens with zero attached hydrogens (tertiary/aromatic N) is 3. The second-order valence-electron chi connectivity index (χ2n) is 8.73. The van der Waals surface area contributed by atoms with Crippen molar-refractivity contribution in [1.82, 2.24) is 14.5 Å². The molecule has 0 saturated heterocycles. The van der Waals surface area contributed by atoms with Gasteiger partial charge >= 0.3 is 0 Å². The first-order valence-corrected chi connectivity index (χ1v) is 12.8. The molecule has 0 unspecified atom stereocenters. The average Bonchev–Trinajstić information content (AvgIpc) is 3.55. The van der Waals surface area contributed by atoms with Gasteiger partial charge in [-0.1, -0.05) is 78.9 Å². The van der Waals surface area contributed by atoms with E-state index in [1.807, 2.05) is 36.4 Å². The van der Waals surface area contributed by atoms with Gasteiger partial charge in [0.2, 0.25) is 0 Å². The molecule has 0 atom stereocenters. The molecule has 0 spiro atoms. The highest BCUT2D eigenvalue weighted by Gasteiger charge is 2.14. The van der Waals surface area contributed by atoms with Gasteiger partial charge in [-0.15, -0.1) is 11.3 Å². The van der Waals surface area contributed by atoms with Crippen LogP contribution >= 0.6 is 11.3 Å². The molecule has 3 aromatic heterocycles. The van der Waals surface area contributed by atoms with Crippen molar-refractivity contribution in [2.45, 2.75) is 0 Å². The van der Waals surface area contributed by atoms with Crippen LogP contribution in [0, 0.1) is 0 Å². The largest absolute Gasteiger partial charge is 0.301 e. The summed E-state index contributed by atoms with van der Waals surface area (Å²) in [7, 11) is 0. The predicted octanol–water partition coefficient (Wildman–Crippen LogP) is 8.64. The minimum absolute atomic E-state index is 0.723. The van der Waals surface area contributed by atoms with Gasteiger partial charge in [0.1, 0.15) is 4.83 Å². The van der Waals surface area contributed by atoms with Crippen molar-refractivity contribution in [3.05, 3.63) is 127 Å². The van der Waals surface area contributed by atoms with Crippen LogP contribution in [0.5, 0.6) is 0 Å². The average molecular weight is 480 g/mol. The summed E-state index contributed by atoms with van der Waals surface area (Å²) in [5, 5.41) is 4.74. The van der Waals surface area contributed by atoms with Gasteiger partial charge < -0.3 is 4.57 Å². The maximum Gasteiger partial charge on any atom is 0.160 e. The van der Waals surface area contributed by atoms with E-state index in [4.69, 9.17) is 9.97 Å². The van der Waals surface area contributed by atoms with Gasteiger partial charge in [0.05, 0.1) is 16.9 Å². The van der Waals surface area contributed by atoms with Crippen molar-refractivity contribution in [1.29, 1.82) is 0 Å². The Morgan fingerprint density at radius 2 is 1.14 bits per heavy atom. The second kappa shape index (κ2) is 8.59. The highest BCUT2D eigenvalue weighted by atomic mass is 32.1. The van der Waals surface area contributed by atoms with Crippen LogP contribution in [0.25, 0.3) is 60.7 Å². The van der Waals surface area contributed by atoms with E-state index in [-0.39, 0.29) is 0 Å². The summed E-state index contributed by atoms with van der Waals surface area (Å²) in [6.45, 7) is 0. The van der Waals surface area contributed by atoms with E-state index < -0.39 is 0 Å². The summed E-state index contributed by atoms with van der Waals surface area (Å²) >= 11 is 1.77. The molecule has 0 aliphatic rings. The van der Waals surface area contributed by atoms with Crippen LogP contribution in [-0.4, -0.2) is 14.5 Å². The van der Waals surface area contributed by atoms with Crippen molar-refractivity contribution in [3.63, 3.8) is 0 Å². The van der Waals surface area contributed by atoms with Gasteiger partial charge in [0, 0.05) is 33.2 Å². The fourth-order valence-electron chi connectivity index (χ4n) is 4.79. The quantitative estimate of drug-likeness (QED) is 0.253. The zero-order valence-corrected chi connectivity index (χ0v) is 20.2. The molecular formula is C32H21N3S. The summed E-state index contributed by atoms with van der Waals surface area (Å²) in [6.07, 6.45) is 0. The number of thiophene rings is 1. The van der Waals surface area contributed by atoms with Crippen LogP contribution in [0.3, 0.4) is 0 Å². The van der Waals surface area contributed by atoms with Crippen LogP contribution < -0.4 is 0 Å². The maximum absolute atomic E-state index is 4.97. The minimum Gasteiger partial charge on any atom is -0.301 e. The molecule has 36 heavy (non-hydrogen) atoms. The standard InChI is InChI=1S/C32H21N3S/c1-3-9-22(10-4-1)28-21-29(23-11-5-2-6-12-23)34-31(33-28)24-15-17-25(18-16-24)35-30-14-8-7-13-26(30)27-19-20-36-32(27)35/h1-21H. The van der Waals surface area contributed by atoms with Gasteiger partial charge in [-0.25, -0.2) is 9.97 Å². The highest BCUT2D eigenvalue weighted by Crippen LogP contribution is 2.35. The Bertz CT molecular complexity index is 1760. The second-order valence-corrected chi connectivity index (χ2v) is 9.63. The first kappa shape index (κ1) is 20.8. The number of rotatable bonds is 4. The number of fused-ring (bicyclic) bond motifs is 3. The Morgan fingerprint density at radius 3 is 1.81 bits per heavy atom. The third-order valence-corrected chi connectivity index (χ3v) is 7.43. The predicted molar refractivity (Wildman–Crippen MR) is 151 cm³/mol. The van der Waals surface area contributed by atoms with Crippen LogP contribution in [-0.2, 0) is 0 Å². The summed E-state index contributed by atoms with van der Waals surface area (Å²) < 4.78 is 2.34. The summed E-state index contributed by atoms with van der Waals surface area (Å²) in [5.41, 5.74) is 7.34. The van der Waals surface area contributed by atoms with E-state index >= 15 is 0 Å². The van der Waals surface area contributed by atoms with Gasteiger partial charge in [-0.2, -0.15) is 0 Å². The van der Waals surface area contributed by atoms with E-state index in [1.165, 1.54) is 21.1 Å². The lowest BCUT2D eigenvalue weighted by molar-refractivity contribution is 1.17. The maximum atomic E-state index is 4.97. The fraction of sp³-hybridized carbons (Fsp3) is 0. The van der Waals surface area contributed by atoms with Crippen LogP contribution in [0.1, 0.15) is 0 Å². The van der Waals surface area contributed by atoms with E-state index in [0.717, 1.165) is 39.6 Å². The topological polar surface area (TPSA) is 30.7 Å². The van der Waals surface area contributed by atoms with Crippen LogP contribution in [0.2, 0.25) is 0 Å². The van der Waals surface area contributed by atoms with Gasteiger partial charge in [0.25, 0.3) is 0 Å². The highest BCUT2D eigenvalue weighted by molar-refractivity contribution is 7.17. The molecule has 4 aromatic carbocycles. The third-order valence-electron chi connectivity index (χ3n) is 6.53. The number of hydrogen-bond donors (Lipinski definition) is 0. The van der Waals surface area contributed by atoms with Crippen LogP contribution in [0.4, 0.5) is 0 Å². The molecule has 4 heteroatoms. The molecule has 0 bridgehead atoms. The summed E-state index contributed by atoms with van der Waals surface area (Å²) in [6, 6.07) is 42.1. The molecule has 7 rings (SSSR count). The third kappa shape index (κ3) is 3.51. The lowest BCUT2D eigenvalue weighted by atomic mass is 10.1. The van der Waals surface area contributed by atoms with Crippen molar-refractivity contribution < 1.29 is 0 Å². The molecule has 0 amide bonds. The zero-order chi connectivity index (χ0) is 23.9. The molecule has 0 fully saturated rings. The summed E-state index contributed by atoms with van der Waals surface area (Å²) in [5.74, 6) is 0.723. The van der Waals surface area contributed by atoms with Crippen molar-refractivity contribution in [2.24, 2.45) is 0 Å². The number of para-hydroxylation sites is 1. The smallest absolute Gasteiger partial charge is 0.160 e. The molecule has 3 nitrogen and oxygen atoms in total. The molecule has 0 aliphatic carbocycles. The lowest BCUT2D eigenvalue weighted by Gasteiger charge is -2.11. The minimum atomic E-state index is 0.723. The Kier molecular flexibility index (Phi) is 4.97. The zero-order valence-electron chi connectivity index (χ0n) is 19.4. The van der Waals surface area contributed by atoms with E-state index in [2.05, 4.69) is 94.9 Å². The van der Waals surface area contributed by atoms with Crippen LogP contribution in [0.15, 0.2) is 127 Å². The number of benzene rings is 4. The SMILES string of the molecule is c1ccc(-c2cc(-c3ccccc3)nc(-c3ccc(-n4c5ccccc5c5ccsc54)cc3)n2)cc1. The molecule has 0 N–H and O–H groups in total. The van der Waals surface area contributed by atoms with E-state index in [9.17, 15) is 0 Å². The molecule has 170 valence electrons. The molecule has 0 aliphatic heterocycles. The van der Waals surface area contributed by atoms with E-state index in [1.54, 1.807) is 11.3 Å². The number of hydrogen-bond acceptors (Lipinski definition) is 3. The monoisotopic (exact) mass is 479 g/mol. The normalized spacial score (nSPS) is 11.3. The number of aromatic nitrogens is 3. The van der Waals surface area contributed by atoms with Crippen molar-refractivity contribution >= 4 is 32.5 Å². The molecule has 3 heterocycles. The molecular weight excluding hydrogens is 458 g/mol. The Labute approximate surface area is 213 Å². The van der Waals surface area contributed by atoms with Gasteiger partial charge in [0.15, 0.2) is 5.82 Å². The Morgan fingerprint density at radius 1 is 0.528 bits per heavy atom. The first-order chi connectivity index (χ1) is 17.8. The Balaban J connectivity index is 1.36. The van der Waals surface area contributed by atoms with Crippen molar-refractivity contribution in [2.75, 3.05) is 0 Å². The first-order valence-electron chi connectivity index (χ1n) is 11.9. The van der Waals surface area contributed by atoms with Gasteiger partial charge in [-0.05, 0) is 47.8 Å². The van der Waals surface area contributed by atoms with Gasteiger partial charge in [-0.3, -0.25) is 0 Å². The van der Waals surface area contributed by atoms with Crippen molar-refractivity contribution in [3.8, 4) is 39.6 Å². The molecule has 0 saturated carbocycles. The molecule has 7 aromatic rings. The molecule has 0 radical (unpaired) electrons.